The number of hydrogen-bond donors (Lipinski definition) is 2. The van der Waals surface area contributed by atoms with E-state index in [0.29, 0.717) is 19.5 Å². The molecule has 2 N–H and O–H groups in total. The molecule has 0 fully saturated rings. The van der Waals surface area contributed by atoms with Crippen LogP contribution in [-0.2, 0) is 4.79 Å². The van der Waals surface area contributed by atoms with E-state index in [1.807, 2.05) is 0 Å². The van der Waals surface area contributed by atoms with Crippen LogP contribution in [0.15, 0.2) is 0 Å². The fraction of sp³-hybridized carbons (Fsp3) is 0.941. The molecule has 0 aliphatic carbocycles. The van der Waals surface area contributed by atoms with Crippen molar-refractivity contribution in [2.45, 2.75) is 70.8 Å². The van der Waals surface area contributed by atoms with Crippen molar-refractivity contribution in [1.82, 2.24) is 0 Å². The van der Waals surface area contributed by atoms with Crippen molar-refractivity contribution in [3.05, 3.63) is 0 Å². The lowest BCUT2D eigenvalue weighted by molar-refractivity contribution is -0.907. The summed E-state index contributed by atoms with van der Waals surface area (Å²) in [4.78, 5) is 10.8. The summed E-state index contributed by atoms with van der Waals surface area (Å²) in [6, 6.07) is 0. The third kappa shape index (κ3) is 12.0. The van der Waals surface area contributed by atoms with E-state index in [1.54, 1.807) is 7.05 Å². The predicted octanol–water partition coefficient (Wildman–Crippen LogP) is 1.07. The number of carbonyl (C=O) groups is 1. The number of quaternary nitrogens is 1. The minimum atomic E-state index is -1.14. The Bertz CT molecular complexity index is 286. The molecule has 0 aliphatic heterocycles. The van der Waals surface area contributed by atoms with Gasteiger partial charge in [0.1, 0.15) is 25.7 Å². The molecule has 0 amide bonds. The Hall–Kier alpha value is -0.650. The fourth-order valence-corrected chi connectivity index (χ4v) is 2.90. The van der Waals surface area contributed by atoms with Crippen molar-refractivity contribution in [2.24, 2.45) is 0 Å². The smallest absolute Gasteiger partial charge is 0.119 e. The van der Waals surface area contributed by atoms with Crippen molar-refractivity contribution in [1.29, 1.82) is 0 Å². The van der Waals surface area contributed by atoms with Gasteiger partial charge in [0.05, 0.1) is 19.6 Å². The van der Waals surface area contributed by atoms with E-state index in [9.17, 15) is 15.0 Å². The number of likely N-dealkylation sites (N-methyl/N-ethyl adjacent to an activating group) is 1. The van der Waals surface area contributed by atoms with Crippen LogP contribution in [0.5, 0.6) is 0 Å². The van der Waals surface area contributed by atoms with E-state index >= 15 is 0 Å². The third-order valence-electron chi connectivity index (χ3n) is 4.19. The summed E-state index contributed by atoms with van der Waals surface area (Å²) < 4.78 is 0.122. The molecule has 2 unspecified atom stereocenters. The van der Waals surface area contributed by atoms with Gasteiger partial charge in [0.15, 0.2) is 0 Å². The SMILES string of the molecule is CCCCCCCCCCC(O)C[N+](C)(CCO)CC(=O)[O-]. The van der Waals surface area contributed by atoms with Gasteiger partial charge >= 0.3 is 0 Å². The summed E-state index contributed by atoms with van der Waals surface area (Å²) in [7, 11) is 1.74. The molecule has 5 nitrogen and oxygen atoms in total. The molecule has 0 aromatic rings. The molecule has 0 heterocycles. The number of aliphatic carboxylic acids is 1. The zero-order valence-corrected chi connectivity index (χ0v) is 14.4. The Labute approximate surface area is 135 Å². The first-order valence-corrected chi connectivity index (χ1v) is 8.76. The lowest BCUT2D eigenvalue weighted by atomic mass is 10.1. The number of carboxylic acid groups (broad SMARTS) is 1. The van der Waals surface area contributed by atoms with Gasteiger partial charge in [0, 0.05) is 0 Å². The van der Waals surface area contributed by atoms with E-state index in [4.69, 9.17) is 5.11 Å². The second-order valence-corrected chi connectivity index (χ2v) is 6.70. The summed E-state index contributed by atoms with van der Waals surface area (Å²) in [5.41, 5.74) is 0. The molecule has 0 aromatic heterocycles. The Morgan fingerprint density at radius 1 is 1.09 bits per heavy atom. The zero-order chi connectivity index (χ0) is 16.8. The zero-order valence-electron chi connectivity index (χ0n) is 14.4. The van der Waals surface area contributed by atoms with Gasteiger partial charge in [-0.25, -0.2) is 0 Å². The molecule has 0 saturated heterocycles. The molecular weight excluding hydrogens is 282 g/mol. The first kappa shape index (κ1) is 21.4. The van der Waals surface area contributed by atoms with E-state index in [1.165, 1.54) is 38.5 Å². The summed E-state index contributed by atoms with van der Waals surface area (Å²) >= 11 is 0. The van der Waals surface area contributed by atoms with Crippen LogP contribution in [0.4, 0.5) is 0 Å². The largest absolute Gasteiger partial charge is 0.544 e. The average Bonchev–Trinajstić information content (AvgIpc) is 2.40. The summed E-state index contributed by atoms with van der Waals surface area (Å²) in [5.74, 6) is -1.14. The van der Waals surface area contributed by atoms with Gasteiger partial charge < -0.3 is 24.6 Å². The lowest BCUT2D eigenvalue weighted by Crippen LogP contribution is -2.55. The van der Waals surface area contributed by atoms with Crippen LogP contribution in [0, 0.1) is 0 Å². The second kappa shape index (κ2) is 12.9. The number of unbranched alkanes of at least 4 members (excludes halogenated alkanes) is 7. The van der Waals surface area contributed by atoms with E-state index < -0.39 is 12.1 Å². The van der Waals surface area contributed by atoms with Crippen LogP contribution in [0.2, 0.25) is 0 Å². The van der Waals surface area contributed by atoms with Gasteiger partial charge in [0.2, 0.25) is 0 Å². The number of hydrogen-bond acceptors (Lipinski definition) is 4. The van der Waals surface area contributed by atoms with Gasteiger partial charge in [-0.1, -0.05) is 58.3 Å². The van der Waals surface area contributed by atoms with Gasteiger partial charge in [-0.2, -0.15) is 0 Å². The van der Waals surface area contributed by atoms with Crippen molar-refractivity contribution >= 4 is 5.97 Å². The average molecular weight is 317 g/mol. The fourth-order valence-electron chi connectivity index (χ4n) is 2.90. The molecule has 0 radical (unpaired) electrons. The monoisotopic (exact) mass is 317 g/mol. The number of aliphatic hydroxyl groups is 2. The summed E-state index contributed by atoms with van der Waals surface area (Å²) in [6.07, 6.45) is 9.94. The molecule has 0 spiro atoms. The first-order chi connectivity index (χ1) is 10.4. The van der Waals surface area contributed by atoms with Crippen LogP contribution in [0.3, 0.4) is 0 Å². The van der Waals surface area contributed by atoms with Crippen molar-refractivity contribution < 1.29 is 24.6 Å². The Morgan fingerprint density at radius 2 is 1.64 bits per heavy atom. The molecule has 0 aromatic carbocycles. The highest BCUT2D eigenvalue weighted by atomic mass is 16.4. The van der Waals surface area contributed by atoms with Crippen molar-refractivity contribution in [3.8, 4) is 0 Å². The Morgan fingerprint density at radius 3 is 2.14 bits per heavy atom. The van der Waals surface area contributed by atoms with Gasteiger partial charge in [-0.15, -0.1) is 0 Å². The van der Waals surface area contributed by atoms with Crippen molar-refractivity contribution in [3.63, 3.8) is 0 Å². The standard InChI is InChI=1S/C17H35NO4/c1-3-4-5-6-7-8-9-10-11-16(20)14-18(2,12-13-19)15-17(21)22/h16,19-20H,3-15H2,1-2H3. The molecule has 5 heteroatoms. The molecule has 22 heavy (non-hydrogen) atoms. The minimum absolute atomic E-state index is 0.0890. The van der Waals surface area contributed by atoms with E-state index in [-0.39, 0.29) is 17.6 Å². The first-order valence-electron chi connectivity index (χ1n) is 8.76. The second-order valence-electron chi connectivity index (χ2n) is 6.70. The number of carboxylic acids is 1. The maximum atomic E-state index is 10.8. The molecule has 0 rings (SSSR count). The van der Waals surface area contributed by atoms with Gasteiger partial charge in [-0.05, 0) is 6.42 Å². The van der Waals surface area contributed by atoms with E-state index in [2.05, 4.69) is 6.92 Å². The van der Waals surface area contributed by atoms with Crippen LogP contribution in [0.25, 0.3) is 0 Å². The number of nitrogens with zero attached hydrogens (tertiary/aromatic N) is 1. The minimum Gasteiger partial charge on any atom is -0.544 e. The van der Waals surface area contributed by atoms with Gasteiger partial charge in [-0.3, -0.25) is 0 Å². The van der Waals surface area contributed by atoms with Crippen LogP contribution in [0.1, 0.15) is 64.7 Å². The number of carbonyl (C=O) groups excluding carboxylic acids is 1. The Balaban J connectivity index is 3.81. The molecule has 0 saturated carbocycles. The highest BCUT2D eigenvalue weighted by molar-refractivity contribution is 5.65. The third-order valence-corrected chi connectivity index (χ3v) is 4.19. The quantitative estimate of drug-likeness (QED) is 0.350. The van der Waals surface area contributed by atoms with Crippen molar-refractivity contribution in [2.75, 3.05) is 33.3 Å². The molecule has 2 atom stereocenters. The predicted molar refractivity (Wildman–Crippen MR) is 86.1 cm³/mol. The Kier molecular flexibility index (Phi) is 12.5. The van der Waals surface area contributed by atoms with Crippen LogP contribution < -0.4 is 5.11 Å². The summed E-state index contributed by atoms with van der Waals surface area (Å²) in [6.45, 7) is 2.63. The number of aliphatic hydroxyl groups excluding tert-OH is 2. The molecular formula is C17H35NO4. The highest BCUT2D eigenvalue weighted by Crippen LogP contribution is 2.12. The number of rotatable bonds is 15. The van der Waals surface area contributed by atoms with Crippen LogP contribution in [-0.4, -0.2) is 60.1 Å². The maximum absolute atomic E-state index is 10.8. The normalized spacial score (nSPS) is 15.5. The summed E-state index contributed by atoms with van der Waals surface area (Å²) in [5, 5.41) is 29.9. The maximum Gasteiger partial charge on any atom is 0.119 e. The molecule has 132 valence electrons. The lowest BCUT2D eigenvalue weighted by Gasteiger charge is -2.36. The topological polar surface area (TPSA) is 80.6 Å². The highest BCUT2D eigenvalue weighted by Gasteiger charge is 2.25. The molecule has 0 bridgehead atoms. The van der Waals surface area contributed by atoms with Gasteiger partial charge in [0.25, 0.3) is 0 Å². The van der Waals surface area contributed by atoms with E-state index in [0.717, 1.165) is 12.8 Å². The van der Waals surface area contributed by atoms with Crippen LogP contribution >= 0.6 is 0 Å². The molecule has 0 aliphatic rings.